The molecule has 3 aromatic carbocycles. The zero-order valence-corrected chi connectivity index (χ0v) is 22.8. The van der Waals surface area contributed by atoms with Crippen LogP contribution in [0.4, 0.5) is 0 Å². The Morgan fingerprint density at radius 1 is 0.875 bits per heavy atom. The summed E-state index contributed by atoms with van der Waals surface area (Å²) >= 11 is 0. The Morgan fingerprint density at radius 3 is 2.42 bits per heavy atom. The second-order valence-electron chi connectivity index (χ2n) is 9.36. The smallest absolute Gasteiger partial charge is 0.252 e. The van der Waals surface area contributed by atoms with Crippen molar-refractivity contribution in [2.24, 2.45) is 0 Å². The van der Waals surface area contributed by atoms with Gasteiger partial charge in [0.05, 0.1) is 33.9 Å². The Labute approximate surface area is 232 Å². The van der Waals surface area contributed by atoms with Gasteiger partial charge in [-0.3, -0.25) is 9.69 Å². The lowest BCUT2D eigenvalue weighted by Gasteiger charge is -2.23. The van der Waals surface area contributed by atoms with Crippen molar-refractivity contribution in [3.8, 4) is 17.2 Å². The van der Waals surface area contributed by atoms with Crippen LogP contribution in [0.2, 0.25) is 0 Å². The maximum Gasteiger partial charge on any atom is 0.252 e. The van der Waals surface area contributed by atoms with Crippen LogP contribution >= 0.6 is 0 Å². The highest BCUT2D eigenvalue weighted by Crippen LogP contribution is 2.23. The number of rotatable bonds is 12. The lowest BCUT2D eigenvalue weighted by Crippen LogP contribution is -2.28. The summed E-state index contributed by atoms with van der Waals surface area (Å²) in [5.74, 6) is 3.01. The molecule has 2 aromatic heterocycles. The molecule has 0 radical (unpaired) electrons. The van der Waals surface area contributed by atoms with E-state index in [1.807, 2.05) is 79.7 Å². The van der Waals surface area contributed by atoms with E-state index in [-0.39, 0.29) is 5.56 Å². The monoisotopic (exact) mass is 540 g/mol. The van der Waals surface area contributed by atoms with Gasteiger partial charge in [-0.2, -0.15) is 0 Å². The molecule has 0 unspecified atom stereocenters. The van der Waals surface area contributed by atoms with Crippen molar-refractivity contribution in [1.82, 2.24) is 30.1 Å². The van der Waals surface area contributed by atoms with Crippen LogP contribution < -0.4 is 19.8 Å². The number of aromatic amines is 1. The molecule has 5 rings (SSSR count). The highest BCUT2D eigenvalue weighted by atomic mass is 16.5. The second-order valence-corrected chi connectivity index (χ2v) is 9.36. The van der Waals surface area contributed by atoms with Gasteiger partial charge in [0.25, 0.3) is 5.56 Å². The highest BCUT2D eigenvalue weighted by Gasteiger charge is 2.18. The third kappa shape index (κ3) is 6.29. The number of para-hydroxylation sites is 1. The fraction of sp³-hybridized carbons (Fsp3) is 0.267. The number of fused-ring (bicyclic) bond motifs is 1. The molecule has 1 N–H and O–H groups in total. The molecule has 40 heavy (non-hydrogen) atoms. The van der Waals surface area contributed by atoms with Crippen LogP contribution in [0.5, 0.6) is 17.2 Å². The Morgan fingerprint density at radius 2 is 1.65 bits per heavy atom. The van der Waals surface area contributed by atoms with E-state index in [1.54, 1.807) is 18.9 Å². The molecule has 0 amide bonds. The highest BCUT2D eigenvalue weighted by molar-refractivity contribution is 5.80. The first-order chi connectivity index (χ1) is 19.6. The molecule has 2 heterocycles. The molecule has 0 bridgehead atoms. The number of nitrogens with zero attached hydrogens (tertiary/aromatic N) is 5. The van der Waals surface area contributed by atoms with Crippen LogP contribution in [0.3, 0.4) is 0 Å². The zero-order chi connectivity index (χ0) is 27.9. The molecule has 0 aliphatic carbocycles. The van der Waals surface area contributed by atoms with E-state index in [1.165, 1.54) is 0 Å². The number of H-pyrrole nitrogens is 1. The summed E-state index contributed by atoms with van der Waals surface area (Å²) < 4.78 is 18.3. The van der Waals surface area contributed by atoms with Crippen LogP contribution in [-0.2, 0) is 26.2 Å². The maximum absolute atomic E-state index is 13.1. The van der Waals surface area contributed by atoms with Crippen molar-refractivity contribution < 1.29 is 14.2 Å². The number of nitrogens with one attached hydrogen (secondary N) is 1. The summed E-state index contributed by atoms with van der Waals surface area (Å²) in [6, 6.07) is 23.3. The van der Waals surface area contributed by atoms with E-state index in [9.17, 15) is 4.79 Å². The molecule has 0 aliphatic rings. The van der Waals surface area contributed by atoms with Crippen molar-refractivity contribution in [3.05, 3.63) is 106 Å². The average Bonchev–Trinajstić information content (AvgIpc) is 3.40. The average molecular weight is 541 g/mol. The molecule has 5 aromatic rings. The molecule has 0 saturated carbocycles. The van der Waals surface area contributed by atoms with Crippen molar-refractivity contribution >= 4 is 10.9 Å². The van der Waals surface area contributed by atoms with Gasteiger partial charge in [-0.05, 0) is 65.4 Å². The number of methoxy groups -OCH3 is 2. The zero-order valence-electron chi connectivity index (χ0n) is 22.8. The van der Waals surface area contributed by atoms with Gasteiger partial charge in [-0.15, -0.1) is 5.10 Å². The lowest BCUT2D eigenvalue weighted by molar-refractivity contribution is 0.232. The normalized spacial score (nSPS) is 11.2. The maximum atomic E-state index is 13.1. The van der Waals surface area contributed by atoms with Gasteiger partial charge in [0.15, 0.2) is 5.82 Å². The molecular weight excluding hydrogens is 508 g/mol. The third-order valence-corrected chi connectivity index (χ3v) is 6.65. The lowest BCUT2D eigenvalue weighted by atomic mass is 10.1. The van der Waals surface area contributed by atoms with Gasteiger partial charge in [0, 0.05) is 35.1 Å². The van der Waals surface area contributed by atoms with Gasteiger partial charge in [0.2, 0.25) is 0 Å². The Kier molecular flexibility index (Phi) is 8.36. The van der Waals surface area contributed by atoms with Crippen LogP contribution in [0.15, 0.2) is 77.6 Å². The Bertz CT molecular complexity index is 1630. The summed E-state index contributed by atoms with van der Waals surface area (Å²) in [5.41, 5.74) is 3.29. The van der Waals surface area contributed by atoms with E-state index in [2.05, 4.69) is 25.4 Å². The van der Waals surface area contributed by atoms with Crippen LogP contribution in [0.25, 0.3) is 10.9 Å². The Hall–Kier alpha value is -4.70. The SMILES string of the molecule is CCOc1ccc2[nH]c(=O)c(CN(Cc3ccccc3OC)Cc3nnnn3Cc3ccc(OC)cc3)cc2c1. The summed E-state index contributed by atoms with van der Waals surface area (Å²) in [5, 5.41) is 13.4. The molecule has 0 fully saturated rings. The van der Waals surface area contributed by atoms with Crippen molar-refractivity contribution in [2.75, 3.05) is 20.8 Å². The van der Waals surface area contributed by atoms with Gasteiger partial charge in [-0.1, -0.05) is 30.3 Å². The van der Waals surface area contributed by atoms with Crippen molar-refractivity contribution in [3.63, 3.8) is 0 Å². The fourth-order valence-electron chi connectivity index (χ4n) is 4.65. The summed E-state index contributed by atoms with van der Waals surface area (Å²) in [4.78, 5) is 18.3. The molecular formula is C30H32N6O4. The molecule has 0 aliphatic heterocycles. The van der Waals surface area contributed by atoms with Crippen molar-refractivity contribution in [2.45, 2.75) is 33.1 Å². The molecule has 0 atom stereocenters. The van der Waals surface area contributed by atoms with Crippen LogP contribution in [0.1, 0.15) is 29.4 Å². The first-order valence-corrected chi connectivity index (χ1v) is 13.1. The van der Waals surface area contributed by atoms with E-state index < -0.39 is 0 Å². The predicted molar refractivity (Wildman–Crippen MR) is 152 cm³/mol. The molecule has 10 heteroatoms. The minimum atomic E-state index is -0.139. The quantitative estimate of drug-likeness (QED) is 0.251. The number of pyridine rings is 1. The predicted octanol–water partition coefficient (Wildman–Crippen LogP) is 4.18. The number of ether oxygens (including phenoxy) is 3. The summed E-state index contributed by atoms with van der Waals surface area (Å²) in [6.45, 7) is 4.33. The Balaban J connectivity index is 1.45. The second kappa shape index (κ2) is 12.4. The third-order valence-electron chi connectivity index (χ3n) is 6.65. The molecule has 206 valence electrons. The number of hydrogen-bond acceptors (Lipinski definition) is 8. The number of benzene rings is 3. The van der Waals surface area contributed by atoms with E-state index in [0.29, 0.717) is 44.2 Å². The number of aromatic nitrogens is 5. The molecule has 0 saturated heterocycles. The van der Waals surface area contributed by atoms with E-state index in [4.69, 9.17) is 14.2 Å². The molecule has 10 nitrogen and oxygen atoms in total. The van der Waals surface area contributed by atoms with Crippen molar-refractivity contribution in [1.29, 1.82) is 0 Å². The first-order valence-electron chi connectivity index (χ1n) is 13.1. The topological polar surface area (TPSA) is 107 Å². The first kappa shape index (κ1) is 26.9. The van der Waals surface area contributed by atoms with Gasteiger partial charge in [0.1, 0.15) is 17.2 Å². The van der Waals surface area contributed by atoms with Gasteiger partial charge in [-0.25, -0.2) is 4.68 Å². The molecule has 0 spiro atoms. The summed E-state index contributed by atoms with van der Waals surface area (Å²) in [6.07, 6.45) is 0. The number of hydrogen-bond donors (Lipinski definition) is 1. The minimum absolute atomic E-state index is 0.139. The standard InChI is InChI=1S/C30H32N6O4/c1-4-40-26-13-14-27-23(16-26)15-24(30(37)31-27)19-35(18-22-7-5-6-8-28(22)39-3)20-29-32-33-34-36(29)17-21-9-11-25(38-2)12-10-21/h5-16H,4,17-20H2,1-3H3,(H,31,37). The largest absolute Gasteiger partial charge is 0.497 e. The fourth-order valence-corrected chi connectivity index (χ4v) is 4.65. The van der Waals surface area contributed by atoms with Crippen LogP contribution in [-0.4, -0.2) is 50.9 Å². The summed E-state index contributed by atoms with van der Waals surface area (Å²) in [7, 11) is 3.30. The van der Waals surface area contributed by atoms with Gasteiger partial charge < -0.3 is 19.2 Å². The van der Waals surface area contributed by atoms with E-state index >= 15 is 0 Å². The van der Waals surface area contributed by atoms with Crippen LogP contribution in [0, 0.1) is 0 Å². The number of tetrazole rings is 1. The van der Waals surface area contributed by atoms with Gasteiger partial charge >= 0.3 is 0 Å². The van der Waals surface area contributed by atoms with E-state index in [0.717, 1.165) is 39.3 Å². The minimum Gasteiger partial charge on any atom is -0.497 e.